The van der Waals surface area contributed by atoms with Crippen LogP contribution in [0.5, 0.6) is 0 Å². The van der Waals surface area contributed by atoms with E-state index in [1.54, 1.807) is 11.3 Å². The zero-order valence-electron chi connectivity index (χ0n) is 9.90. The highest BCUT2D eigenvalue weighted by Crippen LogP contribution is 2.19. The first-order valence-corrected chi connectivity index (χ1v) is 6.68. The number of hydrogen-bond acceptors (Lipinski definition) is 5. The molecule has 1 unspecified atom stereocenters. The van der Waals surface area contributed by atoms with Crippen LogP contribution < -0.4 is 5.32 Å². The molecule has 90 valence electrons. The van der Waals surface area contributed by atoms with Crippen LogP contribution in [0.1, 0.15) is 35.8 Å². The van der Waals surface area contributed by atoms with Gasteiger partial charge in [-0.1, -0.05) is 0 Å². The summed E-state index contributed by atoms with van der Waals surface area (Å²) in [5, 5.41) is 13.9. The third kappa shape index (κ3) is 3.23. The molecule has 1 aromatic heterocycles. The Morgan fingerprint density at radius 1 is 1.44 bits per heavy atom. The summed E-state index contributed by atoms with van der Waals surface area (Å²) in [5.41, 5.74) is 0. The van der Waals surface area contributed by atoms with Gasteiger partial charge in [0.25, 0.3) is 0 Å². The molecule has 1 aromatic rings. The number of nitrogens with zero attached hydrogens (tertiary/aromatic N) is 2. The Morgan fingerprint density at radius 3 is 2.81 bits per heavy atom. The van der Waals surface area contributed by atoms with E-state index in [4.69, 9.17) is 4.74 Å². The van der Waals surface area contributed by atoms with E-state index in [0.717, 1.165) is 35.7 Å². The van der Waals surface area contributed by atoms with Gasteiger partial charge in [0, 0.05) is 13.2 Å². The van der Waals surface area contributed by atoms with Gasteiger partial charge < -0.3 is 10.1 Å². The molecule has 1 aliphatic heterocycles. The van der Waals surface area contributed by atoms with Gasteiger partial charge in [0.05, 0.1) is 6.04 Å². The van der Waals surface area contributed by atoms with E-state index in [9.17, 15) is 0 Å². The molecule has 1 saturated heterocycles. The first-order valence-electron chi connectivity index (χ1n) is 5.87. The van der Waals surface area contributed by atoms with Crippen LogP contribution >= 0.6 is 11.3 Å². The van der Waals surface area contributed by atoms with E-state index >= 15 is 0 Å². The molecule has 1 N–H and O–H groups in total. The second kappa shape index (κ2) is 5.70. The average Bonchev–Trinajstić information content (AvgIpc) is 2.74. The Balaban J connectivity index is 1.76. The van der Waals surface area contributed by atoms with Crippen molar-refractivity contribution in [2.45, 2.75) is 32.7 Å². The van der Waals surface area contributed by atoms with E-state index in [2.05, 4.69) is 22.4 Å². The second-order valence-electron chi connectivity index (χ2n) is 4.35. The van der Waals surface area contributed by atoms with Crippen LogP contribution in [0.3, 0.4) is 0 Å². The van der Waals surface area contributed by atoms with Gasteiger partial charge in [-0.2, -0.15) is 0 Å². The highest BCUT2D eigenvalue weighted by molar-refractivity contribution is 7.11. The molecule has 0 bridgehead atoms. The van der Waals surface area contributed by atoms with Crippen LogP contribution in [-0.4, -0.2) is 30.0 Å². The molecule has 0 aliphatic carbocycles. The van der Waals surface area contributed by atoms with Gasteiger partial charge in [0.15, 0.2) is 0 Å². The largest absolute Gasteiger partial charge is 0.381 e. The van der Waals surface area contributed by atoms with Crippen molar-refractivity contribution in [3.8, 4) is 0 Å². The highest BCUT2D eigenvalue weighted by Gasteiger charge is 2.16. The molecule has 0 saturated carbocycles. The molecule has 0 spiro atoms. The molecule has 16 heavy (non-hydrogen) atoms. The zero-order valence-corrected chi connectivity index (χ0v) is 10.7. The molecule has 1 fully saturated rings. The van der Waals surface area contributed by atoms with Crippen molar-refractivity contribution in [1.29, 1.82) is 0 Å². The van der Waals surface area contributed by atoms with Crippen LogP contribution in [0, 0.1) is 12.8 Å². The van der Waals surface area contributed by atoms with Gasteiger partial charge in [0.2, 0.25) is 0 Å². The molecule has 4 nitrogen and oxygen atoms in total. The smallest absolute Gasteiger partial charge is 0.134 e. The summed E-state index contributed by atoms with van der Waals surface area (Å²) in [7, 11) is 0. The monoisotopic (exact) mass is 241 g/mol. The normalized spacial score (nSPS) is 19.9. The predicted molar refractivity (Wildman–Crippen MR) is 64.6 cm³/mol. The molecule has 0 aromatic carbocycles. The Bertz CT molecular complexity index is 323. The Kier molecular flexibility index (Phi) is 4.26. The van der Waals surface area contributed by atoms with Crippen molar-refractivity contribution in [3.63, 3.8) is 0 Å². The number of aromatic nitrogens is 2. The summed E-state index contributed by atoms with van der Waals surface area (Å²) in [5.74, 6) is 0.755. The van der Waals surface area contributed by atoms with E-state index in [0.29, 0.717) is 6.04 Å². The minimum Gasteiger partial charge on any atom is -0.381 e. The number of ether oxygens (including phenoxy) is 1. The molecule has 1 aliphatic rings. The van der Waals surface area contributed by atoms with Gasteiger partial charge in [0.1, 0.15) is 10.0 Å². The first-order chi connectivity index (χ1) is 7.75. The molecule has 5 heteroatoms. The summed E-state index contributed by atoms with van der Waals surface area (Å²) in [6.07, 6.45) is 2.35. The van der Waals surface area contributed by atoms with Gasteiger partial charge in [-0.15, -0.1) is 21.5 Å². The van der Waals surface area contributed by atoms with Crippen molar-refractivity contribution in [3.05, 3.63) is 10.0 Å². The highest BCUT2D eigenvalue weighted by atomic mass is 32.1. The molecular weight excluding hydrogens is 222 g/mol. The van der Waals surface area contributed by atoms with Crippen LogP contribution in [0.25, 0.3) is 0 Å². The summed E-state index contributed by atoms with van der Waals surface area (Å²) in [6, 6.07) is 0.314. The van der Waals surface area contributed by atoms with Crippen molar-refractivity contribution in [2.24, 2.45) is 5.92 Å². The maximum atomic E-state index is 5.35. The average molecular weight is 241 g/mol. The van der Waals surface area contributed by atoms with E-state index in [-0.39, 0.29) is 0 Å². The number of rotatable bonds is 4. The van der Waals surface area contributed by atoms with Crippen molar-refractivity contribution in [1.82, 2.24) is 15.5 Å². The fourth-order valence-electron chi connectivity index (χ4n) is 1.87. The minimum atomic E-state index is 0.314. The fourth-order valence-corrected chi connectivity index (χ4v) is 2.59. The third-order valence-electron chi connectivity index (χ3n) is 2.97. The van der Waals surface area contributed by atoms with Gasteiger partial charge in [-0.25, -0.2) is 0 Å². The predicted octanol–water partition coefficient (Wildman–Crippen LogP) is 1.92. The van der Waals surface area contributed by atoms with Crippen LogP contribution in [0.2, 0.25) is 0 Å². The molecular formula is C11H19N3OS. The number of hydrogen-bond donors (Lipinski definition) is 1. The van der Waals surface area contributed by atoms with E-state index in [1.165, 1.54) is 12.8 Å². The quantitative estimate of drug-likeness (QED) is 0.875. The lowest BCUT2D eigenvalue weighted by atomic mass is 10.0. The second-order valence-corrected chi connectivity index (χ2v) is 5.56. The Labute approximate surface area is 100 Å². The lowest BCUT2D eigenvalue weighted by Crippen LogP contribution is -2.29. The maximum Gasteiger partial charge on any atom is 0.134 e. The maximum absolute atomic E-state index is 5.35. The fraction of sp³-hybridized carbons (Fsp3) is 0.818. The summed E-state index contributed by atoms with van der Waals surface area (Å²) < 4.78 is 5.35. The summed E-state index contributed by atoms with van der Waals surface area (Å²) in [6.45, 7) is 7.03. The summed E-state index contributed by atoms with van der Waals surface area (Å²) >= 11 is 1.67. The first kappa shape index (κ1) is 12.0. The lowest BCUT2D eigenvalue weighted by molar-refractivity contribution is 0.0656. The molecule has 0 amide bonds. The van der Waals surface area contributed by atoms with Crippen LogP contribution in [-0.2, 0) is 4.74 Å². The van der Waals surface area contributed by atoms with Crippen LogP contribution in [0.15, 0.2) is 0 Å². The van der Waals surface area contributed by atoms with Crippen molar-refractivity contribution in [2.75, 3.05) is 19.8 Å². The van der Waals surface area contributed by atoms with Gasteiger partial charge in [-0.3, -0.25) is 0 Å². The molecule has 2 rings (SSSR count). The number of nitrogens with one attached hydrogen (secondary N) is 1. The van der Waals surface area contributed by atoms with Gasteiger partial charge >= 0.3 is 0 Å². The number of aryl methyl sites for hydroxylation is 1. The minimum absolute atomic E-state index is 0.314. The Hall–Kier alpha value is -0.520. The third-order valence-corrected chi connectivity index (χ3v) is 3.99. The topological polar surface area (TPSA) is 47.0 Å². The molecule has 0 radical (unpaired) electrons. The van der Waals surface area contributed by atoms with Crippen molar-refractivity contribution < 1.29 is 4.74 Å². The van der Waals surface area contributed by atoms with E-state index in [1.807, 2.05) is 6.92 Å². The Morgan fingerprint density at radius 2 is 2.19 bits per heavy atom. The molecule has 2 heterocycles. The zero-order chi connectivity index (χ0) is 11.4. The van der Waals surface area contributed by atoms with Crippen molar-refractivity contribution >= 4 is 11.3 Å². The van der Waals surface area contributed by atoms with E-state index < -0.39 is 0 Å². The SMILES string of the molecule is Cc1nnc(C(C)NCC2CCOCC2)s1. The van der Waals surface area contributed by atoms with Crippen LogP contribution in [0.4, 0.5) is 0 Å². The molecule has 1 atom stereocenters. The van der Waals surface area contributed by atoms with Gasteiger partial charge in [-0.05, 0) is 39.2 Å². The summed E-state index contributed by atoms with van der Waals surface area (Å²) in [4.78, 5) is 0. The lowest BCUT2D eigenvalue weighted by Gasteiger charge is -2.23. The standard InChI is InChI=1S/C11H19N3OS/c1-8(11-14-13-9(2)16-11)12-7-10-3-5-15-6-4-10/h8,10,12H,3-7H2,1-2H3.